The monoisotopic (exact) mass is 287 g/mol. The first-order chi connectivity index (χ1) is 10.1. The van der Waals surface area contributed by atoms with Crippen molar-refractivity contribution in [3.05, 3.63) is 23.8 Å². The highest BCUT2D eigenvalue weighted by Gasteiger charge is 2.39. The van der Waals surface area contributed by atoms with Gasteiger partial charge in [0.1, 0.15) is 0 Å². The Balaban J connectivity index is 1.87. The minimum Gasteiger partial charge on any atom is -0.370 e. The first-order valence-electron chi connectivity index (χ1n) is 7.56. The van der Waals surface area contributed by atoms with Crippen molar-refractivity contribution < 1.29 is 9.59 Å². The number of primary amides is 1. The van der Waals surface area contributed by atoms with Crippen molar-refractivity contribution in [2.45, 2.75) is 26.2 Å². The van der Waals surface area contributed by atoms with Crippen LogP contribution in [0.15, 0.2) is 18.2 Å². The summed E-state index contributed by atoms with van der Waals surface area (Å²) in [6.45, 7) is 4.04. The first-order valence-corrected chi connectivity index (χ1v) is 7.56. The number of nitrogens with one attached hydrogen (secondary N) is 1. The normalized spacial score (nSPS) is 24.0. The Kier molecular flexibility index (Phi) is 3.57. The van der Waals surface area contributed by atoms with Crippen LogP contribution in [0.1, 0.15) is 36.5 Å². The van der Waals surface area contributed by atoms with Crippen LogP contribution in [0, 0.1) is 11.8 Å². The summed E-state index contributed by atoms with van der Waals surface area (Å²) >= 11 is 0. The van der Waals surface area contributed by atoms with Gasteiger partial charge in [0.15, 0.2) is 0 Å². The van der Waals surface area contributed by atoms with E-state index in [2.05, 4.69) is 17.1 Å². The van der Waals surface area contributed by atoms with Crippen LogP contribution < -0.4 is 16.0 Å². The fourth-order valence-corrected chi connectivity index (χ4v) is 2.94. The standard InChI is InChI=1S/C16H21N3O2/c1-10-8-12(10)16(21)18-13-9-11(15(17)20)4-5-14(13)19-6-2-3-7-19/h4-5,9-10,12H,2-3,6-8H2,1H3,(H2,17,20)(H,18,21)/t10-,12-/m1/s1. The topological polar surface area (TPSA) is 75.4 Å². The lowest BCUT2D eigenvalue weighted by atomic mass is 10.1. The van der Waals surface area contributed by atoms with Crippen LogP contribution in [0.3, 0.4) is 0 Å². The predicted molar refractivity (Wildman–Crippen MR) is 82.3 cm³/mol. The average molecular weight is 287 g/mol. The molecular formula is C16H21N3O2. The minimum atomic E-state index is -0.474. The summed E-state index contributed by atoms with van der Waals surface area (Å²) in [6.07, 6.45) is 3.26. The summed E-state index contributed by atoms with van der Waals surface area (Å²) < 4.78 is 0. The van der Waals surface area contributed by atoms with E-state index in [1.54, 1.807) is 12.1 Å². The van der Waals surface area contributed by atoms with Gasteiger partial charge in [0.2, 0.25) is 11.8 Å². The van der Waals surface area contributed by atoms with E-state index in [1.807, 2.05) is 6.07 Å². The van der Waals surface area contributed by atoms with Gasteiger partial charge in [0, 0.05) is 24.6 Å². The molecule has 0 unspecified atom stereocenters. The Morgan fingerprint density at radius 3 is 2.52 bits per heavy atom. The molecule has 0 bridgehead atoms. The molecule has 0 radical (unpaired) electrons. The Bertz CT molecular complexity index is 579. The number of anilines is 2. The highest BCUT2D eigenvalue weighted by Crippen LogP contribution is 2.39. The number of rotatable bonds is 4. The van der Waals surface area contributed by atoms with E-state index >= 15 is 0 Å². The van der Waals surface area contributed by atoms with E-state index in [0.717, 1.165) is 38.0 Å². The number of carbonyl (C=O) groups excluding carboxylic acids is 2. The van der Waals surface area contributed by atoms with E-state index in [-0.39, 0.29) is 11.8 Å². The molecule has 21 heavy (non-hydrogen) atoms. The third kappa shape index (κ3) is 2.86. The van der Waals surface area contributed by atoms with Gasteiger partial charge in [-0.1, -0.05) is 6.92 Å². The second kappa shape index (κ2) is 5.39. The van der Waals surface area contributed by atoms with Gasteiger partial charge in [0.25, 0.3) is 0 Å². The van der Waals surface area contributed by atoms with Crippen LogP contribution in [0.4, 0.5) is 11.4 Å². The quantitative estimate of drug-likeness (QED) is 0.889. The second-order valence-electron chi connectivity index (χ2n) is 6.10. The fraction of sp³-hybridized carbons (Fsp3) is 0.500. The van der Waals surface area contributed by atoms with Gasteiger partial charge in [-0.05, 0) is 43.4 Å². The van der Waals surface area contributed by atoms with Crippen molar-refractivity contribution >= 4 is 23.2 Å². The smallest absolute Gasteiger partial charge is 0.248 e. The van der Waals surface area contributed by atoms with Gasteiger partial charge in [-0.15, -0.1) is 0 Å². The Labute approximate surface area is 124 Å². The molecule has 112 valence electrons. The van der Waals surface area contributed by atoms with Gasteiger partial charge in [-0.25, -0.2) is 0 Å². The van der Waals surface area contributed by atoms with E-state index in [4.69, 9.17) is 5.73 Å². The van der Waals surface area contributed by atoms with Crippen LogP contribution in [0.5, 0.6) is 0 Å². The number of amides is 2. The zero-order chi connectivity index (χ0) is 15.0. The summed E-state index contributed by atoms with van der Waals surface area (Å²) in [4.78, 5) is 25.8. The van der Waals surface area contributed by atoms with Gasteiger partial charge in [0.05, 0.1) is 11.4 Å². The molecule has 2 atom stereocenters. The van der Waals surface area contributed by atoms with Crippen molar-refractivity contribution in [3.8, 4) is 0 Å². The van der Waals surface area contributed by atoms with Gasteiger partial charge in [-0.3, -0.25) is 9.59 Å². The zero-order valence-electron chi connectivity index (χ0n) is 12.3. The van der Waals surface area contributed by atoms with E-state index in [1.165, 1.54) is 0 Å². The van der Waals surface area contributed by atoms with Crippen molar-refractivity contribution in [1.29, 1.82) is 0 Å². The number of benzene rings is 1. The van der Waals surface area contributed by atoms with Gasteiger partial charge >= 0.3 is 0 Å². The third-order valence-electron chi connectivity index (χ3n) is 4.43. The third-order valence-corrected chi connectivity index (χ3v) is 4.43. The summed E-state index contributed by atoms with van der Waals surface area (Å²) in [5.74, 6) is 0.135. The molecule has 1 aromatic carbocycles. The average Bonchev–Trinajstić information content (AvgIpc) is 2.97. The van der Waals surface area contributed by atoms with E-state index in [0.29, 0.717) is 17.2 Å². The molecule has 0 spiro atoms. The molecule has 1 saturated carbocycles. The lowest BCUT2D eigenvalue weighted by Gasteiger charge is -2.22. The Morgan fingerprint density at radius 2 is 1.95 bits per heavy atom. The largest absolute Gasteiger partial charge is 0.370 e. The Hall–Kier alpha value is -2.04. The molecule has 1 aliphatic heterocycles. The van der Waals surface area contributed by atoms with Crippen molar-refractivity contribution in [2.24, 2.45) is 17.6 Å². The van der Waals surface area contributed by atoms with Gasteiger partial charge < -0.3 is 16.0 Å². The van der Waals surface area contributed by atoms with Crippen molar-refractivity contribution in [2.75, 3.05) is 23.3 Å². The lowest BCUT2D eigenvalue weighted by Crippen LogP contribution is -2.23. The molecule has 1 heterocycles. The van der Waals surface area contributed by atoms with Crippen LogP contribution in [-0.2, 0) is 4.79 Å². The SMILES string of the molecule is C[C@@H]1C[C@H]1C(=O)Nc1cc(C(N)=O)ccc1N1CCCC1. The van der Waals surface area contributed by atoms with Crippen molar-refractivity contribution in [3.63, 3.8) is 0 Å². The zero-order valence-corrected chi connectivity index (χ0v) is 12.3. The second-order valence-corrected chi connectivity index (χ2v) is 6.10. The summed E-state index contributed by atoms with van der Waals surface area (Å²) in [6, 6.07) is 5.31. The maximum Gasteiger partial charge on any atom is 0.248 e. The molecule has 1 aromatic rings. The van der Waals surface area contributed by atoms with Crippen molar-refractivity contribution in [1.82, 2.24) is 0 Å². The number of hydrogen-bond acceptors (Lipinski definition) is 3. The molecule has 3 rings (SSSR count). The number of nitrogens with two attached hydrogens (primary N) is 1. The van der Waals surface area contributed by atoms with Crippen LogP contribution in [0.2, 0.25) is 0 Å². The molecule has 5 heteroatoms. The molecule has 1 aliphatic carbocycles. The van der Waals surface area contributed by atoms with Crippen LogP contribution in [-0.4, -0.2) is 24.9 Å². The van der Waals surface area contributed by atoms with E-state index in [9.17, 15) is 9.59 Å². The molecule has 0 aromatic heterocycles. The first kappa shape index (κ1) is 13.9. The van der Waals surface area contributed by atoms with Crippen LogP contribution in [0.25, 0.3) is 0 Å². The predicted octanol–water partition coefficient (Wildman–Crippen LogP) is 1.98. The highest BCUT2D eigenvalue weighted by atomic mass is 16.2. The Morgan fingerprint density at radius 1 is 1.29 bits per heavy atom. The van der Waals surface area contributed by atoms with Gasteiger partial charge in [-0.2, -0.15) is 0 Å². The number of carbonyl (C=O) groups is 2. The maximum atomic E-state index is 12.2. The summed E-state index contributed by atoms with van der Waals surface area (Å²) in [5.41, 5.74) is 7.46. The maximum absolute atomic E-state index is 12.2. The molecule has 3 N–H and O–H groups in total. The molecular weight excluding hydrogens is 266 g/mol. The lowest BCUT2D eigenvalue weighted by molar-refractivity contribution is -0.117. The molecule has 2 amide bonds. The van der Waals surface area contributed by atoms with Crippen LogP contribution >= 0.6 is 0 Å². The molecule has 5 nitrogen and oxygen atoms in total. The molecule has 2 aliphatic rings. The summed E-state index contributed by atoms with van der Waals surface area (Å²) in [5, 5.41) is 2.99. The molecule has 1 saturated heterocycles. The summed E-state index contributed by atoms with van der Waals surface area (Å²) in [7, 11) is 0. The highest BCUT2D eigenvalue weighted by molar-refractivity contribution is 6.00. The number of nitrogens with zero attached hydrogens (tertiary/aromatic N) is 1. The fourth-order valence-electron chi connectivity index (χ4n) is 2.94. The van der Waals surface area contributed by atoms with E-state index < -0.39 is 5.91 Å². The minimum absolute atomic E-state index is 0.0459. The molecule has 2 fully saturated rings. The number of hydrogen-bond donors (Lipinski definition) is 2.